The lowest BCUT2D eigenvalue weighted by atomic mass is 10.2. The molecule has 5 aromatic rings. The van der Waals surface area contributed by atoms with Gasteiger partial charge in [-0.2, -0.15) is 0 Å². The molecule has 0 radical (unpaired) electrons. The van der Waals surface area contributed by atoms with Crippen LogP contribution in [-0.2, 0) is 11.3 Å². The first kappa shape index (κ1) is 24.4. The fraction of sp³-hybridized carbons (Fsp3) is 0.148. The second-order valence-electron chi connectivity index (χ2n) is 8.29. The highest BCUT2D eigenvalue weighted by Gasteiger charge is 2.13. The number of thiazole rings is 1. The summed E-state index contributed by atoms with van der Waals surface area (Å²) in [6.45, 7) is 3.12. The molecule has 0 bridgehead atoms. The van der Waals surface area contributed by atoms with Crippen LogP contribution in [-0.4, -0.2) is 33.7 Å². The maximum atomic E-state index is 12.6. The van der Waals surface area contributed by atoms with Crippen LogP contribution < -0.4 is 10.6 Å². The van der Waals surface area contributed by atoms with E-state index in [0.717, 1.165) is 26.0 Å². The number of rotatable bonds is 8. The Morgan fingerprint density at radius 3 is 2.72 bits per heavy atom. The van der Waals surface area contributed by atoms with Gasteiger partial charge in [-0.25, -0.2) is 4.98 Å². The number of nitrogens with one attached hydrogen (secondary N) is 2. The van der Waals surface area contributed by atoms with Crippen LogP contribution in [0, 0.1) is 6.92 Å². The molecule has 0 spiro atoms. The number of aryl methyl sites for hydroxylation is 1. The first-order valence-electron chi connectivity index (χ1n) is 11.4. The van der Waals surface area contributed by atoms with Gasteiger partial charge in [0, 0.05) is 45.7 Å². The van der Waals surface area contributed by atoms with E-state index in [2.05, 4.69) is 26.3 Å². The Morgan fingerprint density at radius 2 is 1.89 bits per heavy atom. The number of fused-ring (bicyclic) bond motifs is 2. The van der Waals surface area contributed by atoms with E-state index < -0.39 is 0 Å². The minimum Gasteiger partial charge on any atom is -0.350 e. The van der Waals surface area contributed by atoms with E-state index in [-0.39, 0.29) is 17.6 Å². The molecule has 0 aliphatic rings. The summed E-state index contributed by atoms with van der Waals surface area (Å²) in [6, 6.07) is 20.9. The summed E-state index contributed by atoms with van der Waals surface area (Å²) >= 11 is 8.87. The number of thioether (sulfide) groups is 1. The number of amides is 2. The summed E-state index contributed by atoms with van der Waals surface area (Å²) in [7, 11) is 0. The number of anilines is 1. The van der Waals surface area contributed by atoms with E-state index in [0.29, 0.717) is 28.8 Å². The van der Waals surface area contributed by atoms with E-state index >= 15 is 0 Å². The third kappa shape index (κ3) is 5.56. The predicted octanol–water partition coefficient (Wildman–Crippen LogP) is 6.37. The van der Waals surface area contributed by atoms with Crippen molar-refractivity contribution >= 4 is 72.8 Å². The minimum absolute atomic E-state index is 0.0946. The summed E-state index contributed by atoms with van der Waals surface area (Å²) in [5.74, 6) is 0.0400. The Hall–Kier alpha value is -3.33. The summed E-state index contributed by atoms with van der Waals surface area (Å²) in [5, 5.41) is 8.17. The molecule has 3 aromatic carbocycles. The van der Waals surface area contributed by atoms with Crippen molar-refractivity contribution in [3.8, 4) is 0 Å². The molecular weight excluding hydrogens is 512 g/mol. The van der Waals surface area contributed by atoms with Crippen molar-refractivity contribution in [1.82, 2.24) is 14.9 Å². The van der Waals surface area contributed by atoms with Crippen molar-refractivity contribution in [3.05, 3.63) is 89.1 Å². The molecule has 2 N–H and O–H groups in total. The SMILES string of the molecule is Cc1ccc2nc(NC(=O)CSc3cn(CCNC(=O)c4ccc(Cl)cc4)c4ccccc34)sc2c1. The lowest BCUT2D eigenvalue weighted by Gasteiger charge is -2.08. The molecule has 0 unspecified atom stereocenters. The van der Waals surface area contributed by atoms with Gasteiger partial charge in [-0.05, 0) is 55.0 Å². The highest BCUT2D eigenvalue weighted by molar-refractivity contribution is 8.00. The fourth-order valence-corrected chi connectivity index (χ4v) is 5.89. The second-order valence-corrected chi connectivity index (χ2v) is 10.8. The van der Waals surface area contributed by atoms with E-state index in [1.165, 1.54) is 28.7 Å². The average Bonchev–Trinajstić information content (AvgIpc) is 3.43. The molecule has 0 saturated heterocycles. The number of benzene rings is 3. The number of aromatic nitrogens is 2. The maximum Gasteiger partial charge on any atom is 0.251 e. The molecule has 2 aromatic heterocycles. The summed E-state index contributed by atoms with van der Waals surface area (Å²) in [5.41, 5.74) is 3.69. The first-order chi connectivity index (χ1) is 17.5. The van der Waals surface area contributed by atoms with E-state index in [4.69, 9.17) is 11.6 Å². The van der Waals surface area contributed by atoms with Crippen LogP contribution >= 0.6 is 34.7 Å². The Balaban J connectivity index is 1.21. The molecule has 9 heteroatoms. The average molecular weight is 535 g/mol. The smallest absolute Gasteiger partial charge is 0.251 e. The van der Waals surface area contributed by atoms with Gasteiger partial charge in [0.15, 0.2) is 5.13 Å². The predicted molar refractivity (Wildman–Crippen MR) is 149 cm³/mol. The summed E-state index contributed by atoms with van der Waals surface area (Å²) in [6.07, 6.45) is 2.04. The number of hydrogen-bond donors (Lipinski definition) is 2. The maximum absolute atomic E-state index is 12.6. The lowest BCUT2D eigenvalue weighted by Crippen LogP contribution is -2.27. The number of halogens is 1. The van der Waals surface area contributed by atoms with Gasteiger partial charge < -0.3 is 15.2 Å². The molecule has 2 amide bonds. The first-order valence-corrected chi connectivity index (χ1v) is 13.6. The van der Waals surface area contributed by atoms with Crippen molar-refractivity contribution in [1.29, 1.82) is 0 Å². The van der Waals surface area contributed by atoms with Crippen LogP contribution in [0.15, 0.2) is 77.8 Å². The van der Waals surface area contributed by atoms with Crippen molar-refractivity contribution in [2.24, 2.45) is 0 Å². The Kier molecular flexibility index (Phi) is 7.27. The molecule has 182 valence electrons. The zero-order valence-electron chi connectivity index (χ0n) is 19.5. The van der Waals surface area contributed by atoms with Gasteiger partial charge >= 0.3 is 0 Å². The van der Waals surface area contributed by atoms with Crippen LogP contribution in [0.3, 0.4) is 0 Å². The summed E-state index contributed by atoms with van der Waals surface area (Å²) < 4.78 is 3.16. The van der Waals surface area contributed by atoms with Crippen LogP contribution in [0.1, 0.15) is 15.9 Å². The molecule has 5 rings (SSSR count). The topological polar surface area (TPSA) is 76.0 Å². The van der Waals surface area contributed by atoms with Crippen molar-refractivity contribution in [2.75, 3.05) is 17.6 Å². The van der Waals surface area contributed by atoms with E-state index in [1.807, 2.05) is 49.5 Å². The Bertz CT molecular complexity index is 1560. The molecule has 0 aliphatic heterocycles. The van der Waals surface area contributed by atoms with Crippen LogP contribution in [0.5, 0.6) is 0 Å². The minimum atomic E-state index is -0.139. The van der Waals surface area contributed by atoms with Gasteiger partial charge in [0.05, 0.1) is 16.0 Å². The van der Waals surface area contributed by atoms with Gasteiger partial charge in [-0.1, -0.05) is 47.2 Å². The van der Waals surface area contributed by atoms with Crippen LogP contribution in [0.25, 0.3) is 21.1 Å². The molecule has 6 nitrogen and oxygen atoms in total. The van der Waals surface area contributed by atoms with Crippen molar-refractivity contribution < 1.29 is 9.59 Å². The zero-order chi connectivity index (χ0) is 25.1. The Morgan fingerprint density at radius 1 is 1.08 bits per heavy atom. The fourth-order valence-electron chi connectivity index (χ4n) is 3.89. The number of carbonyl (C=O) groups excluding carboxylic acids is 2. The van der Waals surface area contributed by atoms with Crippen LogP contribution in [0.4, 0.5) is 5.13 Å². The molecule has 36 heavy (non-hydrogen) atoms. The highest BCUT2D eigenvalue weighted by atomic mass is 35.5. The number of nitrogens with zero attached hydrogens (tertiary/aromatic N) is 2. The van der Waals surface area contributed by atoms with Gasteiger partial charge in [0.1, 0.15) is 0 Å². The van der Waals surface area contributed by atoms with E-state index in [1.54, 1.807) is 24.3 Å². The van der Waals surface area contributed by atoms with Crippen molar-refractivity contribution in [2.45, 2.75) is 18.4 Å². The van der Waals surface area contributed by atoms with Gasteiger partial charge in [-0.3, -0.25) is 9.59 Å². The van der Waals surface area contributed by atoms with Gasteiger partial charge in [0.25, 0.3) is 5.91 Å². The number of hydrogen-bond acceptors (Lipinski definition) is 5. The standard InChI is InChI=1S/C27H23ClN4O2S2/c1-17-6-11-21-23(14-17)36-27(30-21)31-25(33)16-35-24-15-32(22-5-3-2-4-20(22)24)13-12-29-26(34)18-7-9-19(28)10-8-18/h2-11,14-15H,12-13,16H2,1H3,(H,29,34)(H,30,31,33). The Labute approximate surface area is 221 Å². The molecule has 0 saturated carbocycles. The molecule has 0 fully saturated rings. The number of para-hydroxylation sites is 1. The van der Waals surface area contributed by atoms with E-state index in [9.17, 15) is 9.59 Å². The third-order valence-corrected chi connectivity index (χ3v) is 7.87. The molecular formula is C27H23ClN4O2S2. The van der Waals surface area contributed by atoms with Crippen LogP contribution in [0.2, 0.25) is 5.02 Å². The molecule has 0 aliphatic carbocycles. The largest absolute Gasteiger partial charge is 0.350 e. The third-order valence-electron chi connectivity index (χ3n) is 5.65. The molecule has 0 atom stereocenters. The quantitative estimate of drug-likeness (QED) is 0.227. The van der Waals surface area contributed by atoms with Crippen molar-refractivity contribution in [3.63, 3.8) is 0 Å². The normalized spacial score (nSPS) is 11.2. The van der Waals surface area contributed by atoms with Gasteiger partial charge in [-0.15, -0.1) is 11.8 Å². The molecule has 2 heterocycles. The van der Waals surface area contributed by atoms with Gasteiger partial charge in [0.2, 0.25) is 5.91 Å². The zero-order valence-corrected chi connectivity index (χ0v) is 21.8. The highest BCUT2D eigenvalue weighted by Crippen LogP contribution is 2.31. The monoisotopic (exact) mass is 534 g/mol. The second kappa shape index (κ2) is 10.7. The number of carbonyl (C=O) groups is 2. The summed E-state index contributed by atoms with van der Waals surface area (Å²) in [4.78, 5) is 30.6. The lowest BCUT2D eigenvalue weighted by molar-refractivity contribution is -0.113.